The van der Waals surface area contributed by atoms with Gasteiger partial charge >= 0.3 is 6.03 Å². The predicted molar refractivity (Wildman–Crippen MR) is 143 cm³/mol. The quantitative estimate of drug-likeness (QED) is 0.453. The van der Waals surface area contributed by atoms with E-state index in [0.717, 1.165) is 55.4 Å². The molecule has 36 heavy (non-hydrogen) atoms. The number of nitrogens with one attached hydrogen (secondary N) is 2. The Hall–Kier alpha value is -3.39. The van der Waals surface area contributed by atoms with Crippen molar-refractivity contribution in [3.63, 3.8) is 0 Å². The molecule has 2 amide bonds. The first kappa shape index (κ1) is 25.7. The average molecular weight is 493 g/mol. The highest BCUT2D eigenvalue weighted by Gasteiger charge is 2.22. The highest BCUT2D eigenvalue weighted by molar-refractivity contribution is 5.89. The maximum Gasteiger partial charge on any atom is 0.319 e. The number of rotatable bonds is 8. The topological polar surface area (TPSA) is 65.4 Å². The van der Waals surface area contributed by atoms with Crippen molar-refractivity contribution >= 4 is 17.4 Å². The lowest BCUT2D eigenvalue weighted by Crippen LogP contribution is -2.46. The number of benzene rings is 2. The lowest BCUT2D eigenvalue weighted by atomic mass is 10.0. The minimum absolute atomic E-state index is 0.303. The van der Waals surface area contributed by atoms with E-state index in [4.69, 9.17) is 0 Å². The van der Waals surface area contributed by atoms with E-state index in [0.29, 0.717) is 18.2 Å². The molecule has 1 unspecified atom stereocenters. The van der Waals surface area contributed by atoms with Gasteiger partial charge in [-0.1, -0.05) is 32.9 Å². The molecule has 3 aromatic rings. The molecule has 1 fully saturated rings. The van der Waals surface area contributed by atoms with Gasteiger partial charge in [-0.05, 0) is 49.4 Å². The van der Waals surface area contributed by atoms with Crippen LogP contribution in [0, 0.1) is 5.82 Å². The highest BCUT2D eigenvalue weighted by atomic mass is 19.1. The third kappa shape index (κ3) is 6.23. The van der Waals surface area contributed by atoms with Crippen LogP contribution in [0.3, 0.4) is 0 Å². The number of anilines is 2. The van der Waals surface area contributed by atoms with Crippen LogP contribution in [0.25, 0.3) is 0 Å². The van der Waals surface area contributed by atoms with Gasteiger partial charge in [0.15, 0.2) is 0 Å². The summed E-state index contributed by atoms with van der Waals surface area (Å²) in [6.07, 6.45) is 3.79. The molecule has 7 nitrogen and oxygen atoms in total. The summed E-state index contributed by atoms with van der Waals surface area (Å²) in [7, 11) is 0. The highest BCUT2D eigenvalue weighted by Crippen LogP contribution is 2.28. The molecule has 1 aliphatic heterocycles. The minimum Gasteiger partial charge on any atom is -0.369 e. The van der Waals surface area contributed by atoms with Gasteiger partial charge in [0.05, 0.1) is 6.04 Å². The van der Waals surface area contributed by atoms with Gasteiger partial charge in [0.1, 0.15) is 11.6 Å². The number of urea groups is 1. The second kappa shape index (κ2) is 11.6. The van der Waals surface area contributed by atoms with Crippen molar-refractivity contribution in [1.29, 1.82) is 0 Å². The van der Waals surface area contributed by atoms with Gasteiger partial charge in [-0.3, -0.25) is 0 Å². The van der Waals surface area contributed by atoms with Crippen LogP contribution in [0.1, 0.15) is 56.6 Å². The molecular formula is C28H37FN6O. The molecule has 8 heteroatoms. The summed E-state index contributed by atoms with van der Waals surface area (Å²) in [6.45, 7) is 13.7. The van der Waals surface area contributed by atoms with Crippen molar-refractivity contribution in [1.82, 2.24) is 19.8 Å². The molecule has 2 N–H and O–H groups in total. The first-order valence-electron chi connectivity index (χ1n) is 12.8. The molecule has 192 valence electrons. The van der Waals surface area contributed by atoms with Crippen LogP contribution < -0.4 is 15.5 Å². The van der Waals surface area contributed by atoms with E-state index in [1.54, 1.807) is 0 Å². The van der Waals surface area contributed by atoms with Crippen LogP contribution in [0.4, 0.5) is 20.6 Å². The molecule has 0 radical (unpaired) electrons. The third-order valence-corrected chi connectivity index (χ3v) is 6.77. The summed E-state index contributed by atoms with van der Waals surface area (Å²) < 4.78 is 16.3. The van der Waals surface area contributed by atoms with Gasteiger partial charge in [-0.25, -0.2) is 14.2 Å². The van der Waals surface area contributed by atoms with Gasteiger partial charge in [0.2, 0.25) is 0 Å². The Morgan fingerprint density at radius 2 is 1.86 bits per heavy atom. The monoisotopic (exact) mass is 492 g/mol. The molecule has 1 saturated heterocycles. The number of carbonyl (C=O) groups excluding carboxylic acids is 1. The number of amides is 2. The molecule has 1 atom stereocenters. The Kier molecular flexibility index (Phi) is 8.25. The summed E-state index contributed by atoms with van der Waals surface area (Å²) >= 11 is 0. The van der Waals surface area contributed by atoms with E-state index in [9.17, 15) is 9.18 Å². The standard InChI is InChI=1S/C28H37FN6O/c1-5-33-13-15-34(16-14-33)26-10-9-23(29)18-25(26)21(4)31-28(36)32-24-8-6-7-22(17-24)19-35-12-11-30-27(35)20(2)3/h6-12,17-18,20-21H,5,13-16,19H2,1-4H3,(H2,31,32,36). The predicted octanol–water partition coefficient (Wildman–Crippen LogP) is 5.22. The molecular weight excluding hydrogens is 455 g/mol. The number of imidazole rings is 1. The van der Waals surface area contributed by atoms with Crippen molar-refractivity contribution in [3.05, 3.63) is 77.6 Å². The van der Waals surface area contributed by atoms with Gasteiger partial charge in [0, 0.05) is 68.0 Å². The number of carbonyl (C=O) groups is 1. The fourth-order valence-corrected chi connectivity index (χ4v) is 4.81. The maximum atomic E-state index is 14.2. The number of piperazine rings is 1. The zero-order valence-electron chi connectivity index (χ0n) is 21.7. The van der Waals surface area contributed by atoms with Gasteiger partial charge in [-0.2, -0.15) is 0 Å². The molecule has 0 bridgehead atoms. The maximum absolute atomic E-state index is 14.2. The smallest absolute Gasteiger partial charge is 0.319 e. The Morgan fingerprint density at radius 3 is 2.58 bits per heavy atom. The molecule has 0 aliphatic carbocycles. The number of nitrogens with zero attached hydrogens (tertiary/aromatic N) is 4. The zero-order chi connectivity index (χ0) is 25.7. The number of hydrogen-bond donors (Lipinski definition) is 2. The van der Waals surface area contributed by atoms with Crippen LogP contribution >= 0.6 is 0 Å². The van der Waals surface area contributed by atoms with Gasteiger partial charge < -0.3 is 25.0 Å². The minimum atomic E-state index is -0.359. The van der Waals surface area contributed by atoms with E-state index >= 15 is 0 Å². The Morgan fingerprint density at radius 1 is 1.08 bits per heavy atom. The van der Waals surface area contributed by atoms with Crippen molar-refractivity contribution in [2.45, 2.75) is 46.2 Å². The van der Waals surface area contributed by atoms with Crippen LogP contribution in [-0.4, -0.2) is 53.2 Å². The van der Waals surface area contributed by atoms with Crippen LogP contribution in [0.15, 0.2) is 54.9 Å². The van der Waals surface area contributed by atoms with Crippen LogP contribution in [0.5, 0.6) is 0 Å². The summed E-state index contributed by atoms with van der Waals surface area (Å²) in [4.78, 5) is 22.0. The molecule has 4 rings (SSSR count). The number of halogens is 1. The van der Waals surface area contributed by atoms with Gasteiger partial charge in [0.25, 0.3) is 0 Å². The Balaban J connectivity index is 1.42. The van der Waals surface area contributed by atoms with E-state index < -0.39 is 0 Å². The summed E-state index contributed by atoms with van der Waals surface area (Å²) in [5.41, 5.74) is 3.53. The number of aromatic nitrogens is 2. The summed E-state index contributed by atoms with van der Waals surface area (Å²) in [5, 5.41) is 5.93. The average Bonchev–Trinajstić information content (AvgIpc) is 3.32. The Bertz CT molecular complexity index is 1170. The van der Waals surface area contributed by atoms with E-state index in [1.165, 1.54) is 12.1 Å². The van der Waals surface area contributed by atoms with Crippen molar-refractivity contribution in [3.8, 4) is 0 Å². The van der Waals surface area contributed by atoms with Crippen molar-refractivity contribution in [2.24, 2.45) is 0 Å². The first-order valence-corrected chi connectivity index (χ1v) is 12.8. The molecule has 0 spiro atoms. The van der Waals surface area contributed by atoms with E-state index in [1.807, 2.05) is 49.6 Å². The molecule has 0 saturated carbocycles. The third-order valence-electron chi connectivity index (χ3n) is 6.77. The lowest BCUT2D eigenvalue weighted by molar-refractivity contribution is 0.249. The SMILES string of the molecule is CCN1CCN(c2ccc(F)cc2C(C)NC(=O)Nc2cccc(Cn3ccnc3C(C)C)c2)CC1. The zero-order valence-corrected chi connectivity index (χ0v) is 21.7. The normalized spacial score (nSPS) is 15.2. The second-order valence-corrected chi connectivity index (χ2v) is 9.71. The fraction of sp³-hybridized carbons (Fsp3) is 0.429. The second-order valence-electron chi connectivity index (χ2n) is 9.71. The number of likely N-dealkylation sites (N-methyl/N-ethyl adjacent to an activating group) is 1. The summed E-state index contributed by atoms with van der Waals surface area (Å²) in [6, 6.07) is 12.0. The van der Waals surface area contributed by atoms with Crippen LogP contribution in [0.2, 0.25) is 0 Å². The van der Waals surface area contributed by atoms with Crippen LogP contribution in [-0.2, 0) is 6.54 Å². The van der Waals surface area contributed by atoms with E-state index in [2.05, 4.69) is 50.8 Å². The first-order chi connectivity index (χ1) is 17.3. The lowest BCUT2D eigenvalue weighted by Gasteiger charge is -2.37. The molecule has 1 aliphatic rings. The molecule has 2 heterocycles. The largest absolute Gasteiger partial charge is 0.369 e. The fourth-order valence-electron chi connectivity index (χ4n) is 4.81. The van der Waals surface area contributed by atoms with Crippen molar-refractivity contribution in [2.75, 3.05) is 42.9 Å². The Labute approximate surface area is 213 Å². The van der Waals surface area contributed by atoms with E-state index in [-0.39, 0.29) is 17.9 Å². The number of hydrogen-bond acceptors (Lipinski definition) is 4. The summed E-state index contributed by atoms with van der Waals surface area (Å²) in [5.74, 6) is 1.06. The molecule has 2 aromatic carbocycles. The molecule has 1 aromatic heterocycles. The van der Waals surface area contributed by atoms with Gasteiger partial charge in [-0.15, -0.1) is 0 Å². The van der Waals surface area contributed by atoms with Crippen molar-refractivity contribution < 1.29 is 9.18 Å².